The Balaban J connectivity index is 1.36. The van der Waals surface area contributed by atoms with Crippen molar-refractivity contribution in [2.24, 2.45) is 0 Å². The van der Waals surface area contributed by atoms with E-state index < -0.39 is 0 Å². The summed E-state index contributed by atoms with van der Waals surface area (Å²) < 4.78 is 0. The molecule has 1 amide bonds. The normalized spacial score (nSPS) is 13.8. The summed E-state index contributed by atoms with van der Waals surface area (Å²) in [5.41, 5.74) is 2.77. The van der Waals surface area contributed by atoms with Crippen LogP contribution in [0.1, 0.15) is 28.8 Å². The van der Waals surface area contributed by atoms with Crippen LogP contribution in [-0.4, -0.2) is 38.9 Å². The molecule has 0 aliphatic carbocycles. The molecule has 1 aromatic heterocycles. The molecule has 3 aromatic rings. The Morgan fingerprint density at radius 2 is 1.73 bits per heavy atom. The van der Waals surface area contributed by atoms with E-state index in [1.54, 1.807) is 11.0 Å². The zero-order valence-corrected chi connectivity index (χ0v) is 14.5. The monoisotopic (exact) mass is 347 g/mol. The first-order valence-electron chi connectivity index (χ1n) is 8.89. The molecule has 132 valence electrons. The van der Waals surface area contributed by atoms with Crippen LogP contribution in [0.3, 0.4) is 0 Å². The van der Waals surface area contributed by atoms with Gasteiger partial charge in [-0.05, 0) is 42.7 Å². The van der Waals surface area contributed by atoms with Gasteiger partial charge in [0.05, 0.1) is 11.9 Å². The third-order valence-electron chi connectivity index (χ3n) is 4.55. The number of benzene rings is 2. The highest BCUT2D eigenvalue weighted by atomic mass is 16.2. The van der Waals surface area contributed by atoms with Crippen molar-refractivity contribution < 1.29 is 4.79 Å². The molecule has 2 aromatic carbocycles. The molecule has 6 nitrogen and oxygen atoms in total. The first kappa shape index (κ1) is 16.3. The molecular weight excluding hydrogens is 326 g/mol. The molecule has 1 aliphatic rings. The fourth-order valence-electron chi connectivity index (χ4n) is 3.09. The van der Waals surface area contributed by atoms with Gasteiger partial charge in [-0.1, -0.05) is 30.3 Å². The van der Waals surface area contributed by atoms with Gasteiger partial charge in [-0.25, -0.2) is 0 Å². The van der Waals surface area contributed by atoms with E-state index >= 15 is 0 Å². The summed E-state index contributed by atoms with van der Waals surface area (Å²) in [5, 5.41) is 12.0. The van der Waals surface area contributed by atoms with Gasteiger partial charge in [0.15, 0.2) is 5.82 Å². The molecule has 0 spiro atoms. The maximum Gasteiger partial charge on any atom is 0.253 e. The fraction of sp³-hybridized carbons (Fsp3) is 0.250. The van der Waals surface area contributed by atoms with Crippen molar-refractivity contribution in [2.75, 3.05) is 18.4 Å². The zero-order chi connectivity index (χ0) is 17.8. The van der Waals surface area contributed by atoms with Gasteiger partial charge in [0.25, 0.3) is 5.91 Å². The summed E-state index contributed by atoms with van der Waals surface area (Å²) in [6.07, 6.45) is 3.92. The predicted molar refractivity (Wildman–Crippen MR) is 100 cm³/mol. The average molecular weight is 347 g/mol. The Labute approximate surface area is 152 Å². The van der Waals surface area contributed by atoms with Gasteiger partial charge in [-0.15, -0.1) is 9.90 Å². The lowest BCUT2D eigenvalue weighted by Gasteiger charge is -2.15. The van der Waals surface area contributed by atoms with E-state index in [2.05, 4.69) is 15.5 Å². The highest BCUT2D eigenvalue weighted by Gasteiger charge is 2.19. The fourth-order valence-corrected chi connectivity index (χ4v) is 3.09. The van der Waals surface area contributed by atoms with Crippen LogP contribution in [-0.2, 0) is 6.54 Å². The Kier molecular flexibility index (Phi) is 4.64. The predicted octanol–water partition coefficient (Wildman–Crippen LogP) is 3.12. The Hall–Kier alpha value is -3.15. The van der Waals surface area contributed by atoms with Crippen LogP contribution in [0.4, 0.5) is 5.82 Å². The number of hydrogen-bond donors (Lipinski definition) is 1. The highest BCUT2D eigenvalue weighted by Crippen LogP contribution is 2.14. The molecule has 4 rings (SSSR count). The lowest BCUT2D eigenvalue weighted by atomic mass is 10.1. The second-order valence-corrected chi connectivity index (χ2v) is 6.40. The van der Waals surface area contributed by atoms with Crippen LogP contribution in [0.5, 0.6) is 0 Å². The second kappa shape index (κ2) is 7.39. The molecule has 6 heteroatoms. The van der Waals surface area contributed by atoms with Crippen LogP contribution in [0.15, 0.2) is 60.8 Å². The van der Waals surface area contributed by atoms with Crippen molar-refractivity contribution in [2.45, 2.75) is 19.4 Å². The van der Waals surface area contributed by atoms with E-state index in [-0.39, 0.29) is 5.91 Å². The van der Waals surface area contributed by atoms with Crippen molar-refractivity contribution in [3.63, 3.8) is 0 Å². The number of likely N-dealkylation sites (tertiary alicyclic amines) is 1. The molecule has 0 unspecified atom stereocenters. The minimum absolute atomic E-state index is 0.132. The lowest BCUT2D eigenvalue weighted by molar-refractivity contribution is 0.0793. The summed E-state index contributed by atoms with van der Waals surface area (Å²) >= 11 is 0. The van der Waals surface area contributed by atoms with E-state index in [4.69, 9.17) is 0 Å². The van der Waals surface area contributed by atoms with Crippen molar-refractivity contribution >= 4 is 11.7 Å². The first-order chi connectivity index (χ1) is 12.8. The van der Waals surface area contributed by atoms with Crippen LogP contribution in [0.2, 0.25) is 0 Å². The topological polar surface area (TPSA) is 63.1 Å². The smallest absolute Gasteiger partial charge is 0.253 e. The van der Waals surface area contributed by atoms with E-state index in [9.17, 15) is 4.79 Å². The Morgan fingerprint density at radius 1 is 1.00 bits per heavy atom. The van der Waals surface area contributed by atoms with E-state index in [1.165, 1.54) is 0 Å². The lowest BCUT2D eigenvalue weighted by Crippen LogP contribution is -2.27. The van der Waals surface area contributed by atoms with Gasteiger partial charge >= 0.3 is 0 Å². The number of nitrogens with one attached hydrogen (secondary N) is 1. The number of carbonyl (C=O) groups excluding carboxylic acids is 1. The molecule has 2 heterocycles. The molecule has 0 atom stereocenters. The van der Waals surface area contributed by atoms with Gasteiger partial charge in [-0.2, -0.15) is 5.10 Å². The third kappa shape index (κ3) is 3.59. The van der Waals surface area contributed by atoms with Crippen LogP contribution >= 0.6 is 0 Å². The quantitative estimate of drug-likeness (QED) is 0.770. The molecule has 1 fully saturated rings. The summed E-state index contributed by atoms with van der Waals surface area (Å²) in [7, 11) is 0. The van der Waals surface area contributed by atoms with Gasteiger partial charge in [-0.3, -0.25) is 4.79 Å². The Bertz CT molecular complexity index is 867. The van der Waals surface area contributed by atoms with Gasteiger partial charge in [0.1, 0.15) is 0 Å². The largest absolute Gasteiger partial charge is 0.363 e. The number of aromatic nitrogens is 3. The molecule has 1 saturated heterocycles. The van der Waals surface area contributed by atoms with E-state index in [1.807, 2.05) is 59.5 Å². The molecule has 26 heavy (non-hydrogen) atoms. The highest BCUT2D eigenvalue weighted by molar-refractivity contribution is 5.94. The summed E-state index contributed by atoms with van der Waals surface area (Å²) in [4.78, 5) is 15.9. The minimum Gasteiger partial charge on any atom is -0.363 e. The van der Waals surface area contributed by atoms with E-state index in [0.717, 1.165) is 42.7 Å². The molecular formula is C20H21N5O. The van der Waals surface area contributed by atoms with Crippen molar-refractivity contribution in [3.05, 3.63) is 71.9 Å². The van der Waals surface area contributed by atoms with Crippen LogP contribution in [0, 0.1) is 0 Å². The number of para-hydroxylation sites is 1. The molecule has 0 radical (unpaired) electrons. The molecule has 0 bridgehead atoms. The number of anilines is 1. The van der Waals surface area contributed by atoms with Gasteiger partial charge < -0.3 is 10.2 Å². The van der Waals surface area contributed by atoms with Crippen molar-refractivity contribution in [1.29, 1.82) is 0 Å². The van der Waals surface area contributed by atoms with E-state index in [0.29, 0.717) is 12.4 Å². The van der Waals surface area contributed by atoms with Crippen LogP contribution in [0.25, 0.3) is 5.69 Å². The number of hydrogen-bond acceptors (Lipinski definition) is 4. The SMILES string of the molecule is O=C(c1ccc(CNc2cnn(-c3ccccc3)n2)cc1)N1CCCC1. The number of carbonyl (C=O) groups is 1. The third-order valence-corrected chi connectivity index (χ3v) is 4.55. The maximum absolute atomic E-state index is 12.4. The number of rotatable bonds is 5. The summed E-state index contributed by atoms with van der Waals surface area (Å²) in [6.45, 7) is 2.38. The Morgan fingerprint density at radius 3 is 2.46 bits per heavy atom. The second-order valence-electron chi connectivity index (χ2n) is 6.40. The van der Waals surface area contributed by atoms with Gasteiger partial charge in [0, 0.05) is 25.2 Å². The number of nitrogens with zero attached hydrogens (tertiary/aromatic N) is 4. The zero-order valence-electron chi connectivity index (χ0n) is 14.5. The van der Waals surface area contributed by atoms with Crippen LogP contribution < -0.4 is 5.32 Å². The molecule has 1 N–H and O–H groups in total. The minimum atomic E-state index is 0.132. The van der Waals surface area contributed by atoms with Crippen molar-refractivity contribution in [3.8, 4) is 5.69 Å². The summed E-state index contributed by atoms with van der Waals surface area (Å²) in [6, 6.07) is 17.6. The van der Waals surface area contributed by atoms with Gasteiger partial charge in [0.2, 0.25) is 0 Å². The standard InChI is InChI=1S/C20H21N5O/c26-20(24-12-4-5-13-24)17-10-8-16(9-11-17)14-21-19-15-22-25(23-19)18-6-2-1-3-7-18/h1-3,6-11,15H,4-5,12-14H2,(H,21,23). The molecule has 1 aliphatic heterocycles. The maximum atomic E-state index is 12.4. The molecule has 0 saturated carbocycles. The first-order valence-corrected chi connectivity index (χ1v) is 8.89. The number of amides is 1. The average Bonchev–Trinajstić information content (AvgIpc) is 3.39. The summed E-state index contributed by atoms with van der Waals surface area (Å²) in [5.74, 6) is 0.846. The van der Waals surface area contributed by atoms with Crippen molar-refractivity contribution in [1.82, 2.24) is 19.9 Å².